The van der Waals surface area contributed by atoms with Crippen molar-refractivity contribution in [2.24, 2.45) is 5.92 Å². The van der Waals surface area contributed by atoms with Gasteiger partial charge in [0.15, 0.2) is 5.78 Å². The van der Waals surface area contributed by atoms with Gasteiger partial charge >= 0.3 is 0 Å². The number of carbonyl (C=O) groups excluding carboxylic acids is 1. The molecule has 0 aromatic heterocycles. The second-order valence-corrected chi connectivity index (χ2v) is 6.72. The highest BCUT2D eigenvalue weighted by Gasteiger charge is 2.13. The summed E-state index contributed by atoms with van der Waals surface area (Å²) in [6.45, 7) is 9.03. The Balaban J connectivity index is 2.97. The van der Waals surface area contributed by atoms with E-state index in [-0.39, 0.29) is 5.78 Å². The van der Waals surface area contributed by atoms with Gasteiger partial charge in [-0.25, -0.2) is 0 Å². The number of hydrogen-bond donors (Lipinski definition) is 0. The lowest BCUT2D eigenvalue weighted by Crippen LogP contribution is -2.34. The van der Waals surface area contributed by atoms with Crippen LogP contribution in [0.5, 0.6) is 0 Å². The molecule has 1 aromatic carbocycles. The van der Waals surface area contributed by atoms with Crippen molar-refractivity contribution in [2.75, 3.05) is 38.6 Å². The molecule has 1 aromatic rings. The molecule has 0 spiro atoms. The van der Waals surface area contributed by atoms with Crippen LogP contribution in [-0.4, -0.2) is 44.4 Å². The number of Topliss-reactive ketones (excluding diaryl/α,β-unsaturated/α-hetero) is 1. The lowest BCUT2D eigenvalue weighted by molar-refractivity contribution is 0.101. The van der Waals surface area contributed by atoms with Crippen molar-refractivity contribution in [1.29, 1.82) is 0 Å². The molecule has 112 valence electrons. The highest BCUT2D eigenvalue weighted by molar-refractivity contribution is 9.10. The molecule has 0 radical (unpaired) electrons. The molecule has 0 aliphatic rings. The molecular weight excluding hydrogens is 316 g/mol. The molecule has 4 heteroatoms. The van der Waals surface area contributed by atoms with Crippen LogP contribution < -0.4 is 4.90 Å². The molecule has 0 N–H and O–H groups in total. The second kappa shape index (κ2) is 7.79. The van der Waals surface area contributed by atoms with Crippen molar-refractivity contribution in [1.82, 2.24) is 4.90 Å². The van der Waals surface area contributed by atoms with Crippen LogP contribution >= 0.6 is 15.9 Å². The molecule has 20 heavy (non-hydrogen) atoms. The van der Waals surface area contributed by atoms with E-state index in [1.165, 1.54) is 0 Å². The van der Waals surface area contributed by atoms with Gasteiger partial charge in [-0.15, -0.1) is 0 Å². The quantitative estimate of drug-likeness (QED) is 0.707. The van der Waals surface area contributed by atoms with Crippen molar-refractivity contribution in [3.8, 4) is 0 Å². The monoisotopic (exact) mass is 340 g/mol. The molecule has 0 aliphatic carbocycles. The first-order valence-electron chi connectivity index (χ1n) is 7.01. The first kappa shape index (κ1) is 17.2. The van der Waals surface area contributed by atoms with Gasteiger partial charge in [-0.2, -0.15) is 0 Å². The number of rotatable bonds is 7. The standard InChI is InChI=1S/C16H25BrN2O/c1-12(2)11-19(9-8-18(4)5)16-7-6-14(13(3)20)10-15(16)17/h6-7,10,12H,8-9,11H2,1-5H3. The Hall–Kier alpha value is -0.870. The zero-order valence-corrected chi connectivity index (χ0v) is 14.7. The van der Waals surface area contributed by atoms with Gasteiger partial charge in [-0.3, -0.25) is 4.79 Å². The Labute approximate surface area is 131 Å². The lowest BCUT2D eigenvalue weighted by atomic mass is 10.1. The number of likely N-dealkylation sites (N-methyl/N-ethyl adjacent to an activating group) is 1. The Kier molecular flexibility index (Phi) is 6.69. The van der Waals surface area contributed by atoms with Gasteiger partial charge in [0.2, 0.25) is 0 Å². The summed E-state index contributed by atoms with van der Waals surface area (Å²) in [5.41, 5.74) is 1.91. The smallest absolute Gasteiger partial charge is 0.159 e. The van der Waals surface area contributed by atoms with Crippen molar-refractivity contribution in [3.05, 3.63) is 28.2 Å². The zero-order chi connectivity index (χ0) is 15.3. The Morgan fingerprint density at radius 2 is 1.90 bits per heavy atom. The summed E-state index contributed by atoms with van der Waals surface area (Å²) in [5, 5.41) is 0. The second-order valence-electron chi connectivity index (χ2n) is 5.87. The normalized spacial score (nSPS) is 11.2. The van der Waals surface area contributed by atoms with E-state index in [0.29, 0.717) is 5.92 Å². The van der Waals surface area contributed by atoms with Crippen LogP contribution in [0.1, 0.15) is 31.1 Å². The molecule has 0 heterocycles. The van der Waals surface area contributed by atoms with Crippen molar-refractivity contribution in [3.63, 3.8) is 0 Å². The fourth-order valence-electron chi connectivity index (χ4n) is 2.05. The predicted molar refractivity (Wildman–Crippen MR) is 89.8 cm³/mol. The molecule has 0 unspecified atom stereocenters. The molecule has 0 saturated carbocycles. The van der Waals surface area contributed by atoms with Crippen LogP contribution in [-0.2, 0) is 0 Å². The maximum absolute atomic E-state index is 11.4. The topological polar surface area (TPSA) is 23.6 Å². The molecule has 1 rings (SSSR count). The van der Waals surface area contributed by atoms with E-state index in [0.717, 1.165) is 35.4 Å². The number of benzene rings is 1. The number of nitrogens with zero attached hydrogens (tertiary/aromatic N) is 2. The van der Waals surface area contributed by atoms with Crippen LogP contribution in [0.2, 0.25) is 0 Å². The molecule has 0 amide bonds. The summed E-state index contributed by atoms with van der Waals surface area (Å²) >= 11 is 3.61. The van der Waals surface area contributed by atoms with E-state index < -0.39 is 0 Å². The number of anilines is 1. The SMILES string of the molecule is CC(=O)c1ccc(N(CCN(C)C)CC(C)C)c(Br)c1. The summed E-state index contributed by atoms with van der Waals surface area (Å²) in [7, 11) is 4.17. The maximum atomic E-state index is 11.4. The van der Waals surface area contributed by atoms with E-state index in [1.807, 2.05) is 18.2 Å². The van der Waals surface area contributed by atoms with E-state index in [2.05, 4.69) is 53.7 Å². The third-order valence-electron chi connectivity index (χ3n) is 3.10. The Morgan fingerprint density at radius 3 is 2.35 bits per heavy atom. The molecule has 0 aliphatic heterocycles. The third-order valence-corrected chi connectivity index (χ3v) is 3.73. The molecule has 0 saturated heterocycles. The van der Waals surface area contributed by atoms with Crippen molar-refractivity contribution < 1.29 is 4.79 Å². The van der Waals surface area contributed by atoms with Gasteiger partial charge < -0.3 is 9.80 Å². The minimum Gasteiger partial charge on any atom is -0.369 e. The van der Waals surface area contributed by atoms with E-state index in [1.54, 1.807) is 6.92 Å². The number of halogens is 1. The predicted octanol–water partition coefficient (Wildman–Crippen LogP) is 3.68. The van der Waals surface area contributed by atoms with E-state index in [4.69, 9.17) is 0 Å². The summed E-state index contributed by atoms with van der Waals surface area (Å²) in [6.07, 6.45) is 0. The van der Waals surface area contributed by atoms with Crippen LogP contribution in [0, 0.1) is 5.92 Å². The van der Waals surface area contributed by atoms with Crippen molar-refractivity contribution >= 4 is 27.4 Å². The van der Waals surface area contributed by atoms with Gasteiger partial charge in [-0.1, -0.05) is 13.8 Å². The summed E-state index contributed by atoms with van der Waals surface area (Å²) in [5.74, 6) is 0.692. The number of ketones is 1. The zero-order valence-electron chi connectivity index (χ0n) is 13.1. The first-order valence-corrected chi connectivity index (χ1v) is 7.80. The first-order chi connectivity index (χ1) is 9.31. The van der Waals surface area contributed by atoms with Gasteiger partial charge in [0.05, 0.1) is 5.69 Å². The number of carbonyl (C=O) groups is 1. The fourth-order valence-corrected chi connectivity index (χ4v) is 2.68. The van der Waals surface area contributed by atoms with Gasteiger partial charge in [-0.05, 0) is 61.1 Å². The third kappa shape index (κ3) is 5.25. The number of hydrogen-bond acceptors (Lipinski definition) is 3. The highest BCUT2D eigenvalue weighted by atomic mass is 79.9. The lowest BCUT2D eigenvalue weighted by Gasteiger charge is -2.29. The van der Waals surface area contributed by atoms with Crippen LogP contribution in [0.4, 0.5) is 5.69 Å². The minimum atomic E-state index is 0.0981. The van der Waals surface area contributed by atoms with Crippen LogP contribution in [0.15, 0.2) is 22.7 Å². The van der Waals surface area contributed by atoms with Gasteiger partial charge in [0, 0.05) is 29.7 Å². The van der Waals surface area contributed by atoms with Crippen LogP contribution in [0.25, 0.3) is 0 Å². The molecule has 0 atom stereocenters. The van der Waals surface area contributed by atoms with Crippen molar-refractivity contribution in [2.45, 2.75) is 20.8 Å². The molecular formula is C16H25BrN2O. The summed E-state index contributed by atoms with van der Waals surface area (Å²) in [6, 6.07) is 5.87. The van der Waals surface area contributed by atoms with E-state index >= 15 is 0 Å². The maximum Gasteiger partial charge on any atom is 0.159 e. The molecule has 3 nitrogen and oxygen atoms in total. The fraction of sp³-hybridized carbons (Fsp3) is 0.562. The average molecular weight is 341 g/mol. The van der Waals surface area contributed by atoms with Gasteiger partial charge in [0.25, 0.3) is 0 Å². The largest absolute Gasteiger partial charge is 0.369 e. The van der Waals surface area contributed by atoms with Crippen LogP contribution in [0.3, 0.4) is 0 Å². The summed E-state index contributed by atoms with van der Waals surface area (Å²) < 4.78 is 0.990. The Bertz CT molecular complexity index is 458. The minimum absolute atomic E-state index is 0.0981. The Morgan fingerprint density at radius 1 is 1.25 bits per heavy atom. The highest BCUT2D eigenvalue weighted by Crippen LogP contribution is 2.28. The summed E-state index contributed by atoms with van der Waals surface area (Å²) in [4.78, 5) is 16.0. The van der Waals surface area contributed by atoms with Gasteiger partial charge in [0.1, 0.15) is 0 Å². The van der Waals surface area contributed by atoms with E-state index in [9.17, 15) is 4.79 Å². The molecule has 0 bridgehead atoms. The molecule has 0 fully saturated rings. The average Bonchev–Trinajstić information content (AvgIpc) is 2.33.